The number of carbonyl (C=O) groups excluding carboxylic acids is 1. The number of anilines is 2. The standard InChI is InChI=1S/C33H37N7O4/c1-22(2)34-11-12-40(27-14-28(43-3)17-29(15-27)44-4)26-9-10-30-31(16-26)37-32(19-35-30)25-18-36-39(21-25)20-24-7-5-23(6-8-24)13-33(41)38-42/h5-10,14-19,21-22,34,42H,11-13,20H2,1-4H3,(H,38,41). The molecule has 5 aromatic rings. The smallest absolute Gasteiger partial charge is 0.247 e. The molecule has 0 fully saturated rings. The zero-order chi connectivity index (χ0) is 31.1. The molecule has 0 atom stereocenters. The van der Waals surface area contributed by atoms with Crippen LogP contribution in [0.3, 0.4) is 0 Å². The molecule has 3 N–H and O–H groups in total. The Balaban J connectivity index is 1.40. The third kappa shape index (κ3) is 7.49. The summed E-state index contributed by atoms with van der Waals surface area (Å²) in [5, 5.41) is 16.8. The first kappa shape index (κ1) is 30.5. The van der Waals surface area contributed by atoms with E-state index in [1.807, 2.05) is 59.4 Å². The molecule has 0 radical (unpaired) electrons. The molecule has 11 heteroatoms. The number of hydroxylamine groups is 1. The molecule has 0 saturated heterocycles. The molecule has 0 bridgehead atoms. The first-order valence-electron chi connectivity index (χ1n) is 14.4. The molecule has 44 heavy (non-hydrogen) atoms. The lowest BCUT2D eigenvalue weighted by atomic mass is 10.1. The highest BCUT2D eigenvalue weighted by molar-refractivity contribution is 5.83. The largest absolute Gasteiger partial charge is 0.497 e. The van der Waals surface area contributed by atoms with Crippen LogP contribution < -0.4 is 25.2 Å². The van der Waals surface area contributed by atoms with Crippen molar-refractivity contribution in [2.24, 2.45) is 0 Å². The molecule has 0 unspecified atom stereocenters. The van der Waals surface area contributed by atoms with Gasteiger partial charge < -0.3 is 19.7 Å². The van der Waals surface area contributed by atoms with Crippen LogP contribution in [0.15, 0.2) is 79.3 Å². The van der Waals surface area contributed by atoms with Crippen LogP contribution >= 0.6 is 0 Å². The third-order valence-electron chi connectivity index (χ3n) is 7.16. The summed E-state index contributed by atoms with van der Waals surface area (Å²) in [6.07, 6.45) is 5.61. The first-order chi connectivity index (χ1) is 21.3. The van der Waals surface area contributed by atoms with Crippen molar-refractivity contribution < 1.29 is 19.5 Å². The van der Waals surface area contributed by atoms with Gasteiger partial charge in [0, 0.05) is 60.5 Å². The van der Waals surface area contributed by atoms with E-state index in [2.05, 4.69) is 46.3 Å². The van der Waals surface area contributed by atoms with Crippen molar-refractivity contribution in [3.63, 3.8) is 0 Å². The molecule has 5 rings (SSSR count). The quantitative estimate of drug-likeness (QED) is 0.131. The van der Waals surface area contributed by atoms with Gasteiger partial charge in [0.2, 0.25) is 5.91 Å². The molecule has 1 amide bonds. The number of rotatable bonds is 13. The van der Waals surface area contributed by atoms with Gasteiger partial charge in [0.05, 0.1) is 56.3 Å². The number of ether oxygens (including phenoxy) is 2. The van der Waals surface area contributed by atoms with Crippen molar-refractivity contribution in [3.05, 3.63) is 90.4 Å². The second-order valence-corrected chi connectivity index (χ2v) is 10.7. The molecule has 228 valence electrons. The molecule has 2 aromatic heterocycles. The number of carbonyl (C=O) groups is 1. The molecule has 0 saturated carbocycles. The maximum absolute atomic E-state index is 11.4. The van der Waals surface area contributed by atoms with Gasteiger partial charge in [0.15, 0.2) is 0 Å². The molecule has 2 heterocycles. The summed E-state index contributed by atoms with van der Waals surface area (Å²) in [5.41, 5.74) is 8.56. The van der Waals surface area contributed by atoms with Crippen LogP contribution in [-0.2, 0) is 17.8 Å². The highest BCUT2D eigenvalue weighted by Gasteiger charge is 2.15. The number of benzene rings is 3. The number of amides is 1. The van der Waals surface area contributed by atoms with E-state index in [1.165, 1.54) is 0 Å². The van der Waals surface area contributed by atoms with E-state index in [0.29, 0.717) is 24.1 Å². The molecule has 0 spiro atoms. The van der Waals surface area contributed by atoms with E-state index >= 15 is 0 Å². The fourth-order valence-electron chi connectivity index (χ4n) is 4.88. The Kier molecular flexibility index (Phi) is 9.68. The zero-order valence-electron chi connectivity index (χ0n) is 25.3. The van der Waals surface area contributed by atoms with Crippen molar-refractivity contribution in [1.29, 1.82) is 0 Å². The minimum absolute atomic E-state index is 0.116. The number of methoxy groups -OCH3 is 2. The fourth-order valence-corrected chi connectivity index (χ4v) is 4.88. The molecule has 0 aliphatic heterocycles. The van der Waals surface area contributed by atoms with Gasteiger partial charge in [-0.15, -0.1) is 0 Å². The van der Waals surface area contributed by atoms with Gasteiger partial charge in [0.1, 0.15) is 11.5 Å². The van der Waals surface area contributed by atoms with Crippen molar-refractivity contribution in [3.8, 4) is 22.8 Å². The van der Waals surface area contributed by atoms with E-state index in [0.717, 1.165) is 57.9 Å². The zero-order valence-corrected chi connectivity index (χ0v) is 25.3. The second kappa shape index (κ2) is 14.0. The first-order valence-corrected chi connectivity index (χ1v) is 14.4. The lowest BCUT2D eigenvalue weighted by Crippen LogP contribution is -2.32. The Bertz CT molecular complexity index is 1700. The van der Waals surface area contributed by atoms with Crippen LogP contribution in [-0.4, -0.2) is 64.2 Å². The lowest BCUT2D eigenvalue weighted by Gasteiger charge is -2.27. The number of aromatic nitrogens is 4. The topological polar surface area (TPSA) is 127 Å². The predicted molar refractivity (Wildman–Crippen MR) is 170 cm³/mol. The number of fused-ring (bicyclic) bond motifs is 1. The van der Waals surface area contributed by atoms with E-state index in [1.54, 1.807) is 32.1 Å². The lowest BCUT2D eigenvalue weighted by molar-refractivity contribution is -0.128. The molecule has 3 aromatic carbocycles. The maximum Gasteiger partial charge on any atom is 0.247 e. The number of hydrogen-bond acceptors (Lipinski definition) is 9. The Labute approximate surface area is 256 Å². The summed E-state index contributed by atoms with van der Waals surface area (Å²) in [7, 11) is 3.30. The van der Waals surface area contributed by atoms with Gasteiger partial charge in [-0.25, -0.2) is 10.5 Å². The van der Waals surface area contributed by atoms with Gasteiger partial charge in [-0.05, 0) is 29.3 Å². The summed E-state index contributed by atoms with van der Waals surface area (Å²) in [6.45, 7) is 6.31. The normalized spacial score (nSPS) is 11.1. The minimum Gasteiger partial charge on any atom is -0.497 e. The summed E-state index contributed by atoms with van der Waals surface area (Å²) in [6, 6.07) is 19.9. The SMILES string of the molecule is COc1cc(OC)cc(N(CCNC(C)C)c2ccc3ncc(-c4cnn(Cc5ccc(CC(=O)NO)cc5)c4)nc3c2)c1. The van der Waals surface area contributed by atoms with Gasteiger partial charge >= 0.3 is 0 Å². The Morgan fingerprint density at radius 3 is 2.34 bits per heavy atom. The number of hydrogen-bond donors (Lipinski definition) is 3. The van der Waals surface area contributed by atoms with Gasteiger partial charge in [-0.2, -0.15) is 5.10 Å². The van der Waals surface area contributed by atoms with Crippen LogP contribution in [0.1, 0.15) is 25.0 Å². The highest BCUT2D eigenvalue weighted by atomic mass is 16.5. The van der Waals surface area contributed by atoms with Crippen LogP contribution in [0.5, 0.6) is 11.5 Å². The molecule has 11 nitrogen and oxygen atoms in total. The summed E-state index contributed by atoms with van der Waals surface area (Å²) in [4.78, 5) is 23.3. The maximum atomic E-state index is 11.4. The molecular formula is C33H37N7O4. The third-order valence-corrected chi connectivity index (χ3v) is 7.16. The van der Waals surface area contributed by atoms with Crippen LogP contribution in [0.25, 0.3) is 22.3 Å². The van der Waals surface area contributed by atoms with E-state index in [4.69, 9.17) is 19.7 Å². The summed E-state index contributed by atoms with van der Waals surface area (Å²) in [5.74, 6) is 0.978. The average Bonchev–Trinajstić information content (AvgIpc) is 3.51. The Morgan fingerprint density at radius 1 is 0.932 bits per heavy atom. The van der Waals surface area contributed by atoms with E-state index in [-0.39, 0.29) is 6.42 Å². The summed E-state index contributed by atoms with van der Waals surface area (Å²) < 4.78 is 12.9. The van der Waals surface area contributed by atoms with Crippen molar-refractivity contribution >= 4 is 28.3 Å². The fraction of sp³-hybridized carbons (Fsp3) is 0.273. The monoisotopic (exact) mass is 595 g/mol. The van der Waals surface area contributed by atoms with E-state index < -0.39 is 5.91 Å². The highest BCUT2D eigenvalue weighted by Crippen LogP contribution is 2.34. The molecular weight excluding hydrogens is 558 g/mol. The van der Waals surface area contributed by atoms with Gasteiger partial charge in [0.25, 0.3) is 0 Å². The van der Waals surface area contributed by atoms with Gasteiger partial charge in [-0.1, -0.05) is 38.1 Å². The van der Waals surface area contributed by atoms with Crippen LogP contribution in [0, 0.1) is 0 Å². The van der Waals surface area contributed by atoms with Crippen LogP contribution in [0.4, 0.5) is 11.4 Å². The van der Waals surface area contributed by atoms with Crippen molar-refractivity contribution in [2.45, 2.75) is 32.9 Å². The van der Waals surface area contributed by atoms with Gasteiger partial charge in [-0.3, -0.25) is 19.7 Å². The Morgan fingerprint density at radius 2 is 1.66 bits per heavy atom. The van der Waals surface area contributed by atoms with E-state index in [9.17, 15) is 4.79 Å². The molecule has 0 aliphatic rings. The summed E-state index contributed by atoms with van der Waals surface area (Å²) >= 11 is 0. The van der Waals surface area contributed by atoms with Crippen molar-refractivity contribution in [2.75, 3.05) is 32.2 Å². The average molecular weight is 596 g/mol. The van der Waals surface area contributed by atoms with Crippen molar-refractivity contribution in [1.82, 2.24) is 30.5 Å². The molecule has 0 aliphatic carbocycles. The predicted octanol–water partition coefficient (Wildman–Crippen LogP) is 4.74. The number of nitrogens with zero attached hydrogens (tertiary/aromatic N) is 5. The second-order valence-electron chi connectivity index (χ2n) is 10.7. The number of nitrogens with one attached hydrogen (secondary N) is 2. The van der Waals surface area contributed by atoms with Crippen LogP contribution in [0.2, 0.25) is 0 Å². The Hall–Kier alpha value is -5.00. The minimum atomic E-state index is -0.450.